The second kappa shape index (κ2) is 5.41. The van der Waals surface area contributed by atoms with Gasteiger partial charge in [-0.05, 0) is 48.5 Å². The minimum atomic E-state index is -0.934. The van der Waals surface area contributed by atoms with Gasteiger partial charge in [-0.15, -0.1) is 0 Å². The molecular formula is C14H26BNO4. The van der Waals surface area contributed by atoms with E-state index < -0.39 is 18.8 Å². The Morgan fingerprint density at radius 3 is 2.00 bits per heavy atom. The molecule has 0 spiro atoms. The Balaban J connectivity index is 2.65. The lowest BCUT2D eigenvalue weighted by Gasteiger charge is -2.32. The predicted octanol–water partition coefficient (Wildman–Crippen LogP) is 2.95. The maximum atomic E-state index is 11.2. The maximum absolute atomic E-state index is 11.2. The van der Waals surface area contributed by atoms with Crippen LogP contribution in [0.2, 0.25) is 0 Å². The van der Waals surface area contributed by atoms with E-state index in [1.807, 2.05) is 48.5 Å². The van der Waals surface area contributed by atoms with E-state index in [9.17, 15) is 9.90 Å². The maximum Gasteiger partial charge on any atom is 0.486 e. The van der Waals surface area contributed by atoms with Gasteiger partial charge in [0.15, 0.2) is 0 Å². The first-order valence-corrected chi connectivity index (χ1v) is 6.90. The number of hydrogen-bond donors (Lipinski definition) is 1. The van der Waals surface area contributed by atoms with Gasteiger partial charge in [-0.1, -0.05) is 12.1 Å². The van der Waals surface area contributed by atoms with Gasteiger partial charge in [-0.25, -0.2) is 4.79 Å². The van der Waals surface area contributed by atoms with Gasteiger partial charge >= 0.3 is 13.2 Å². The molecule has 5 nitrogen and oxygen atoms in total. The number of carboxylic acid groups (broad SMARTS) is 1. The minimum Gasteiger partial charge on any atom is -0.465 e. The number of carbonyl (C=O) groups is 1. The highest BCUT2D eigenvalue weighted by Crippen LogP contribution is 2.36. The first-order valence-electron chi connectivity index (χ1n) is 6.90. The van der Waals surface area contributed by atoms with Crippen LogP contribution in [0.5, 0.6) is 0 Å². The van der Waals surface area contributed by atoms with Crippen LogP contribution in [-0.4, -0.2) is 46.5 Å². The standard InChI is InChI=1S/C14H26BNO4/c1-12(2,3)16(11(17)18)10-8-9-15-19-13(4,5)14(6,7)20-15/h8-9H,10H2,1-7H3,(H,17,18). The minimum absolute atomic E-state index is 0.308. The van der Waals surface area contributed by atoms with Crippen molar-refractivity contribution >= 4 is 13.2 Å². The normalized spacial score (nSPS) is 21.4. The Hall–Kier alpha value is -1.01. The highest BCUT2D eigenvalue weighted by atomic mass is 16.7. The Morgan fingerprint density at radius 1 is 1.20 bits per heavy atom. The summed E-state index contributed by atoms with van der Waals surface area (Å²) in [5.74, 6) is 1.78. The van der Waals surface area contributed by atoms with Crippen LogP contribution >= 0.6 is 0 Å². The van der Waals surface area contributed by atoms with Crippen molar-refractivity contribution < 1.29 is 19.2 Å². The van der Waals surface area contributed by atoms with E-state index in [4.69, 9.17) is 9.31 Å². The van der Waals surface area contributed by atoms with Crippen molar-refractivity contribution in [1.82, 2.24) is 4.90 Å². The molecule has 0 atom stereocenters. The second-order valence-corrected chi connectivity index (χ2v) is 7.12. The molecule has 1 rings (SSSR count). The summed E-state index contributed by atoms with van der Waals surface area (Å²) in [6.07, 6.45) is 0.845. The van der Waals surface area contributed by atoms with Gasteiger partial charge in [-0.2, -0.15) is 0 Å². The molecule has 6 heteroatoms. The van der Waals surface area contributed by atoms with E-state index in [0.717, 1.165) is 0 Å². The number of amides is 1. The fraction of sp³-hybridized carbons (Fsp3) is 0.786. The third-order valence-electron chi connectivity index (χ3n) is 3.89. The molecule has 1 saturated heterocycles. The number of hydrogen-bond acceptors (Lipinski definition) is 3. The first-order chi connectivity index (χ1) is 8.87. The van der Waals surface area contributed by atoms with Crippen molar-refractivity contribution in [3.05, 3.63) is 12.1 Å². The molecule has 1 N–H and O–H groups in total. The number of rotatable bonds is 3. The summed E-state index contributed by atoms with van der Waals surface area (Å²) in [5.41, 5.74) is -1.19. The molecule has 0 aromatic heterocycles. The van der Waals surface area contributed by atoms with E-state index in [1.54, 1.807) is 12.1 Å². The third-order valence-corrected chi connectivity index (χ3v) is 3.89. The van der Waals surface area contributed by atoms with E-state index in [1.165, 1.54) is 4.90 Å². The summed E-state index contributed by atoms with van der Waals surface area (Å²) >= 11 is 0. The van der Waals surface area contributed by atoms with Gasteiger partial charge in [0, 0.05) is 12.1 Å². The van der Waals surface area contributed by atoms with E-state index in [2.05, 4.69) is 0 Å². The van der Waals surface area contributed by atoms with Gasteiger partial charge in [0.25, 0.3) is 0 Å². The zero-order valence-corrected chi connectivity index (χ0v) is 13.6. The average molecular weight is 283 g/mol. The molecule has 114 valence electrons. The van der Waals surface area contributed by atoms with E-state index in [-0.39, 0.29) is 11.2 Å². The van der Waals surface area contributed by atoms with Crippen LogP contribution in [0.1, 0.15) is 48.5 Å². The van der Waals surface area contributed by atoms with Crippen LogP contribution in [0, 0.1) is 0 Å². The molecule has 1 fully saturated rings. The van der Waals surface area contributed by atoms with E-state index in [0.29, 0.717) is 6.54 Å². The average Bonchev–Trinajstić information content (AvgIpc) is 2.39. The number of nitrogens with zero attached hydrogens (tertiary/aromatic N) is 1. The molecular weight excluding hydrogens is 257 g/mol. The molecule has 20 heavy (non-hydrogen) atoms. The van der Waals surface area contributed by atoms with Crippen LogP contribution < -0.4 is 0 Å². The van der Waals surface area contributed by atoms with Crippen molar-refractivity contribution in [1.29, 1.82) is 0 Å². The van der Waals surface area contributed by atoms with Crippen molar-refractivity contribution in [3.63, 3.8) is 0 Å². The molecule has 1 aliphatic heterocycles. The lowest BCUT2D eigenvalue weighted by Crippen LogP contribution is -2.45. The molecule has 0 aliphatic carbocycles. The van der Waals surface area contributed by atoms with Gasteiger partial charge in [0.2, 0.25) is 0 Å². The molecule has 0 bridgehead atoms. The Kier molecular flexibility index (Phi) is 4.61. The molecule has 1 amide bonds. The second-order valence-electron chi connectivity index (χ2n) is 7.12. The zero-order chi connectivity index (χ0) is 15.8. The molecule has 0 aromatic rings. The van der Waals surface area contributed by atoms with Crippen molar-refractivity contribution in [2.45, 2.75) is 65.2 Å². The zero-order valence-electron chi connectivity index (χ0n) is 13.6. The van der Waals surface area contributed by atoms with E-state index >= 15 is 0 Å². The fourth-order valence-corrected chi connectivity index (χ4v) is 1.88. The topological polar surface area (TPSA) is 59.0 Å². The highest BCUT2D eigenvalue weighted by molar-refractivity contribution is 6.51. The molecule has 1 aliphatic rings. The molecule has 0 saturated carbocycles. The van der Waals surface area contributed by atoms with Gasteiger partial charge in [-0.3, -0.25) is 4.90 Å². The fourth-order valence-electron chi connectivity index (χ4n) is 1.88. The van der Waals surface area contributed by atoms with Crippen LogP contribution in [0.4, 0.5) is 4.79 Å². The van der Waals surface area contributed by atoms with Crippen LogP contribution in [0.15, 0.2) is 12.1 Å². The summed E-state index contributed by atoms with van der Waals surface area (Å²) < 4.78 is 11.6. The summed E-state index contributed by atoms with van der Waals surface area (Å²) in [5, 5.41) is 9.20. The third kappa shape index (κ3) is 3.76. The summed E-state index contributed by atoms with van der Waals surface area (Å²) in [6.45, 7) is 13.8. The highest BCUT2D eigenvalue weighted by Gasteiger charge is 2.50. The molecule has 0 radical (unpaired) electrons. The van der Waals surface area contributed by atoms with Gasteiger partial charge in [0.05, 0.1) is 11.2 Å². The molecule has 0 aromatic carbocycles. The summed E-state index contributed by atoms with van der Waals surface area (Å²) in [4.78, 5) is 12.6. The summed E-state index contributed by atoms with van der Waals surface area (Å²) in [7, 11) is -0.435. The SMILES string of the molecule is CC(C)(C)N(CC=CB1OC(C)(C)C(C)(C)O1)C(=O)O. The van der Waals surface area contributed by atoms with Gasteiger partial charge < -0.3 is 14.4 Å². The molecule has 1 heterocycles. The quantitative estimate of drug-likeness (QED) is 0.809. The smallest absolute Gasteiger partial charge is 0.465 e. The van der Waals surface area contributed by atoms with Crippen molar-refractivity contribution in [2.75, 3.05) is 6.54 Å². The monoisotopic (exact) mass is 283 g/mol. The van der Waals surface area contributed by atoms with Crippen LogP contribution in [0.25, 0.3) is 0 Å². The molecule has 0 unspecified atom stereocenters. The first kappa shape index (κ1) is 17.0. The predicted molar refractivity (Wildman–Crippen MR) is 79.7 cm³/mol. The largest absolute Gasteiger partial charge is 0.486 e. The lowest BCUT2D eigenvalue weighted by atomic mass is 9.90. The Bertz CT molecular complexity index is 382. The van der Waals surface area contributed by atoms with Gasteiger partial charge in [0.1, 0.15) is 0 Å². The lowest BCUT2D eigenvalue weighted by molar-refractivity contribution is 0.00578. The van der Waals surface area contributed by atoms with Crippen molar-refractivity contribution in [3.8, 4) is 0 Å². The summed E-state index contributed by atoms with van der Waals surface area (Å²) in [6, 6.07) is 0. The Morgan fingerprint density at radius 2 is 1.65 bits per heavy atom. The van der Waals surface area contributed by atoms with Crippen LogP contribution in [-0.2, 0) is 9.31 Å². The van der Waals surface area contributed by atoms with Crippen LogP contribution in [0.3, 0.4) is 0 Å². The van der Waals surface area contributed by atoms with Crippen molar-refractivity contribution in [2.24, 2.45) is 0 Å². The Labute approximate surface area is 122 Å².